The van der Waals surface area contributed by atoms with Crippen molar-refractivity contribution in [2.24, 2.45) is 0 Å². The molecule has 0 unspecified atom stereocenters. The van der Waals surface area contributed by atoms with Gasteiger partial charge in [-0.05, 0) is 62.9 Å². The molecule has 0 saturated heterocycles. The molecule has 0 aromatic heterocycles. The maximum Gasteiger partial charge on any atom is 0.161 e. The van der Waals surface area contributed by atoms with Crippen LogP contribution in [0.4, 0.5) is 0 Å². The van der Waals surface area contributed by atoms with E-state index in [4.69, 9.17) is 14.2 Å². The van der Waals surface area contributed by atoms with Gasteiger partial charge in [-0.2, -0.15) is 0 Å². The Labute approximate surface area is 149 Å². The van der Waals surface area contributed by atoms with Gasteiger partial charge in [-0.3, -0.25) is 4.79 Å². The lowest BCUT2D eigenvalue weighted by atomic mass is 10.1. The molecule has 0 heterocycles. The van der Waals surface area contributed by atoms with E-state index in [2.05, 4.69) is 32.9 Å². The number of aldehydes is 1. The second kappa shape index (κ2) is 9.11. The highest BCUT2D eigenvalue weighted by Crippen LogP contribution is 2.28. The number of carbonyl (C=O) groups excluding carboxylic acids is 1. The summed E-state index contributed by atoms with van der Waals surface area (Å²) in [5, 5.41) is 0. The van der Waals surface area contributed by atoms with E-state index in [-0.39, 0.29) is 0 Å². The van der Waals surface area contributed by atoms with Crippen LogP contribution in [0.3, 0.4) is 0 Å². The molecule has 0 fully saturated rings. The van der Waals surface area contributed by atoms with Gasteiger partial charge in [0.05, 0.1) is 20.3 Å². The first kappa shape index (κ1) is 18.8. The average molecular weight is 342 g/mol. The van der Waals surface area contributed by atoms with Crippen LogP contribution >= 0.6 is 0 Å². The number of ether oxygens (including phenoxy) is 3. The van der Waals surface area contributed by atoms with Gasteiger partial charge >= 0.3 is 0 Å². The zero-order valence-electron chi connectivity index (χ0n) is 15.4. The summed E-state index contributed by atoms with van der Waals surface area (Å²) in [5.41, 5.74) is 4.18. The number of methoxy groups -OCH3 is 1. The molecule has 4 nitrogen and oxygen atoms in total. The lowest BCUT2D eigenvalue weighted by Crippen LogP contribution is -2.05. The van der Waals surface area contributed by atoms with Gasteiger partial charge in [-0.15, -0.1) is 0 Å². The number of hydrogen-bond donors (Lipinski definition) is 0. The van der Waals surface area contributed by atoms with Crippen LogP contribution < -0.4 is 14.2 Å². The molecule has 134 valence electrons. The summed E-state index contributed by atoms with van der Waals surface area (Å²) < 4.78 is 16.9. The highest BCUT2D eigenvalue weighted by molar-refractivity contribution is 5.76. The molecular formula is C21H26O4. The lowest BCUT2D eigenvalue weighted by Gasteiger charge is -2.14. The molecule has 25 heavy (non-hydrogen) atoms. The van der Waals surface area contributed by atoms with Crippen molar-refractivity contribution >= 4 is 6.29 Å². The van der Waals surface area contributed by atoms with Crippen LogP contribution in [0.5, 0.6) is 17.2 Å². The summed E-state index contributed by atoms with van der Waals surface area (Å²) in [5.74, 6) is 2.21. The van der Waals surface area contributed by atoms with Crippen LogP contribution in [0.25, 0.3) is 0 Å². The first-order valence-electron chi connectivity index (χ1n) is 8.52. The van der Waals surface area contributed by atoms with E-state index in [9.17, 15) is 4.79 Å². The Kier molecular flexibility index (Phi) is 6.87. The number of hydrogen-bond acceptors (Lipinski definition) is 4. The third-order valence-corrected chi connectivity index (χ3v) is 3.97. The molecule has 0 atom stereocenters. The quantitative estimate of drug-likeness (QED) is 0.491. The molecule has 0 N–H and O–H groups in total. The second-order valence-corrected chi connectivity index (χ2v) is 6.16. The number of unbranched alkanes of at least 4 members (excludes halogenated alkanes) is 1. The third-order valence-electron chi connectivity index (χ3n) is 3.97. The van der Waals surface area contributed by atoms with Gasteiger partial charge in [0, 0.05) is 5.56 Å². The van der Waals surface area contributed by atoms with Gasteiger partial charge in [-0.1, -0.05) is 17.7 Å². The van der Waals surface area contributed by atoms with E-state index in [0.717, 1.165) is 24.9 Å². The molecule has 0 aliphatic heterocycles. The van der Waals surface area contributed by atoms with Crippen LogP contribution in [0.1, 0.15) is 39.9 Å². The van der Waals surface area contributed by atoms with E-state index in [1.54, 1.807) is 25.3 Å². The smallest absolute Gasteiger partial charge is 0.161 e. The Bertz CT molecular complexity index is 699. The van der Waals surface area contributed by atoms with Crippen molar-refractivity contribution in [3.8, 4) is 17.2 Å². The Morgan fingerprint density at radius 3 is 2.12 bits per heavy atom. The van der Waals surface area contributed by atoms with E-state index in [0.29, 0.717) is 30.3 Å². The standard InChI is InChI=1S/C21H26O4/c1-15-11-16(2)21(17(3)12-15)25-10-6-5-9-24-19-8-7-18(14-22)13-20(19)23-4/h7-8,11-14H,5-6,9-10H2,1-4H3. The minimum absolute atomic E-state index is 0.571. The predicted molar refractivity (Wildman–Crippen MR) is 99.3 cm³/mol. The maximum atomic E-state index is 10.8. The number of carbonyl (C=O) groups is 1. The van der Waals surface area contributed by atoms with Crippen molar-refractivity contribution in [1.82, 2.24) is 0 Å². The van der Waals surface area contributed by atoms with Crippen molar-refractivity contribution in [1.29, 1.82) is 0 Å². The highest BCUT2D eigenvalue weighted by Gasteiger charge is 2.07. The molecule has 0 bridgehead atoms. The van der Waals surface area contributed by atoms with E-state index < -0.39 is 0 Å². The van der Waals surface area contributed by atoms with Crippen molar-refractivity contribution in [3.63, 3.8) is 0 Å². The lowest BCUT2D eigenvalue weighted by molar-refractivity contribution is 0.112. The predicted octanol–water partition coefficient (Wildman–Crippen LogP) is 4.67. The van der Waals surface area contributed by atoms with Crippen LogP contribution in [-0.2, 0) is 0 Å². The number of benzene rings is 2. The molecule has 0 aliphatic rings. The fourth-order valence-corrected chi connectivity index (χ4v) is 2.83. The van der Waals surface area contributed by atoms with E-state index in [1.807, 2.05) is 0 Å². The minimum atomic E-state index is 0.571. The van der Waals surface area contributed by atoms with Crippen LogP contribution in [0, 0.1) is 20.8 Å². The first-order chi connectivity index (χ1) is 12.0. The molecule has 4 heteroatoms. The fraction of sp³-hybridized carbons (Fsp3) is 0.381. The average Bonchev–Trinajstić information content (AvgIpc) is 2.59. The van der Waals surface area contributed by atoms with Gasteiger partial charge < -0.3 is 14.2 Å². The Morgan fingerprint density at radius 2 is 1.52 bits per heavy atom. The molecular weight excluding hydrogens is 316 g/mol. The Balaban J connectivity index is 1.76. The summed E-state index contributed by atoms with van der Waals surface area (Å²) in [7, 11) is 1.57. The second-order valence-electron chi connectivity index (χ2n) is 6.16. The third kappa shape index (κ3) is 5.24. The monoisotopic (exact) mass is 342 g/mol. The van der Waals surface area contributed by atoms with Crippen LogP contribution in [0.2, 0.25) is 0 Å². The van der Waals surface area contributed by atoms with Crippen LogP contribution in [0.15, 0.2) is 30.3 Å². The molecule has 2 aromatic rings. The summed E-state index contributed by atoms with van der Waals surface area (Å²) in [4.78, 5) is 10.8. The number of rotatable bonds is 9. The Morgan fingerprint density at radius 1 is 0.880 bits per heavy atom. The van der Waals surface area contributed by atoms with Gasteiger partial charge in [0.25, 0.3) is 0 Å². The van der Waals surface area contributed by atoms with Crippen molar-refractivity contribution < 1.29 is 19.0 Å². The maximum absolute atomic E-state index is 10.8. The molecule has 0 radical (unpaired) electrons. The summed E-state index contributed by atoms with van der Waals surface area (Å²) in [6, 6.07) is 9.44. The largest absolute Gasteiger partial charge is 0.493 e. The fourth-order valence-electron chi connectivity index (χ4n) is 2.83. The normalized spacial score (nSPS) is 10.4. The topological polar surface area (TPSA) is 44.8 Å². The summed E-state index contributed by atoms with van der Waals surface area (Å²) in [6.45, 7) is 7.49. The van der Waals surface area contributed by atoms with Crippen LogP contribution in [-0.4, -0.2) is 26.6 Å². The highest BCUT2D eigenvalue weighted by atomic mass is 16.5. The molecule has 2 aromatic carbocycles. The van der Waals surface area contributed by atoms with Gasteiger partial charge in [-0.25, -0.2) is 0 Å². The minimum Gasteiger partial charge on any atom is -0.493 e. The van der Waals surface area contributed by atoms with Gasteiger partial charge in [0.15, 0.2) is 11.5 Å². The molecule has 0 saturated carbocycles. The van der Waals surface area contributed by atoms with Crippen molar-refractivity contribution in [3.05, 3.63) is 52.6 Å². The van der Waals surface area contributed by atoms with E-state index >= 15 is 0 Å². The van der Waals surface area contributed by atoms with Gasteiger partial charge in [0.1, 0.15) is 12.0 Å². The van der Waals surface area contributed by atoms with Crippen molar-refractivity contribution in [2.75, 3.05) is 20.3 Å². The molecule has 0 spiro atoms. The van der Waals surface area contributed by atoms with Gasteiger partial charge in [0.2, 0.25) is 0 Å². The number of aryl methyl sites for hydroxylation is 3. The van der Waals surface area contributed by atoms with Crippen molar-refractivity contribution in [2.45, 2.75) is 33.6 Å². The molecule has 0 amide bonds. The first-order valence-corrected chi connectivity index (χ1v) is 8.52. The Hall–Kier alpha value is -2.49. The zero-order chi connectivity index (χ0) is 18.2. The summed E-state index contributed by atoms with van der Waals surface area (Å²) in [6.07, 6.45) is 2.57. The summed E-state index contributed by atoms with van der Waals surface area (Å²) >= 11 is 0. The molecule has 0 aliphatic carbocycles. The SMILES string of the molecule is COc1cc(C=O)ccc1OCCCCOc1c(C)cc(C)cc1C. The zero-order valence-corrected chi connectivity index (χ0v) is 15.4. The van der Waals surface area contributed by atoms with E-state index in [1.165, 1.54) is 16.7 Å². The molecule has 2 rings (SSSR count).